The van der Waals surface area contributed by atoms with E-state index in [1.54, 1.807) is 0 Å². The predicted octanol–water partition coefficient (Wildman–Crippen LogP) is 2.45. The van der Waals surface area contributed by atoms with Crippen molar-refractivity contribution in [3.05, 3.63) is 0 Å². The highest BCUT2D eigenvalue weighted by Gasteiger charge is 2.25. The van der Waals surface area contributed by atoms with Gasteiger partial charge in [-0.2, -0.15) is 11.8 Å². The van der Waals surface area contributed by atoms with Gasteiger partial charge in [0.25, 0.3) is 0 Å². The van der Waals surface area contributed by atoms with Crippen molar-refractivity contribution in [1.29, 1.82) is 0 Å². The van der Waals surface area contributed by atoms with Crippen molar-refractivity contribution in [2.45, 2.75) is 39.2 Å². The van der Waals surface area contributed by atoms with Crippen LogP contribution in [0.3, 0.4) is 0 Å². The van der Waals surface area contributed by atoms with Crippen LogP contribution >= 0.6 is 11.8 Å². The molecule has 0 aromatic carbocycles. The molecule has 1 aliphatic heterocycles. The van der Waals surface area contributed by atoms with Gasteiger partial charge in [-0.15, -0.1) is 0 Å². The maximum atomic E-state index is 3.55. The van der Waals surface area contributed by atoms with Gasteiger partial charge in [-0.25, -0.2) is 0 Å². The molecule has 0 radical (unpaired) electrons. The average Bonchev–Trinajstić information content (AvgIpc) is 2.75. The number of nitrogens with zero attached hydrogens (tertiary/aromatic N) is 1. The third-order valence-corrected chi connectivity index (χ3v) is 4.18. The minimum absolute atomic E-state index is 0.781. The molecule has 1 fully saturated rings. The van der Waals surface area contributed by atoms with Crippen LogP contribution in [0.2, 0.25) is 0 Å². The number of rotatable bonds is 8. The second-order valence-corrected chi connectivity index (χ2v) is 5.97. The van der Waals surface area contributed by atoms with Crippen molar-refractivity contribution in [3.63, 3.8) is 0 Å². The van der Waals surface area contributed by atoms with Crippen LogP contribution < -0.4 is 5.32 Å². The van der Waals surface area contributed by atoms with E-state index in [0.29, 0.717) is 0 Å². The molecule has 0 aliphatic carbocycles. The lowest BCUT2D eigenvalue weighted by atomic mass is 10.1. The highest BCUT2D eigenvalue weighted by atomic mass is 32.2. The molecule has 96 valence electrons. The molecule has 1 saturated heterocycles. The maximum Gasteiger partial charge on any atom is 0.00749 e. The second-order valence-electron chi connectivity index (χ2n) is 4.98. The van der Waals surface area contributed by atoms with E-state index in [9.17, 15) is 0 Å². The lowest BCUT2D eigenvalue weighted by molar-refractivity contribution is 0.244. The zero-order chi connectivity index (χ0) is 11.8. The standard InChI is InChI=1S/C13H28N2S/c1-4-7-14-10-13-5-8-15(11-13)12(2)6-9-16-3/h12-14H,4-11H2,1-3H3. The summed E-state index contributed by atoms with van der Waals surface area (Å²) in [5, 5.41) is 3.55. The van der Waals surface area contributed by atoms with Crippen molar-refractivity contribution in [2.24, 2.45) is 5.92 Å². The zero-order valence-electron chi connectivity index (χ0n) is 11.2. The van der Waals surface area contributed by atoms with Gasteiger partial charge in [0, 0.05) is 12.6 Å². The van der Waals surface area contributed by atoms with E-state index >= 15 is 0 Å². The molecule has 1 heterocycles. The molecule has 1 rings (SSSR count). The molecule has 2 atom stereocenters. The fourth-order valence-corrected chi connectivity index (χ4v) is 2.96. The van der Waals surface area contributed by atoms with E-state index in [4.69, 9.17) is 0 Å². The van der Waals surface area contributed by atoms with Crippen LogP contribution in [0.4, 0.5) is 0 Å². The molecule has 2 nitrogen and oxygen atoms in total. The quantitative estimate of drug-likeness (QED) is 0.660. The van der Waals surface area contributed by atoms with Crippen LogP contribution in [0.25, 0.3) is 0 Å². The third kappa shape index (κ3) is 5.07. The van der Waals surface area contributed by atoms with Gasteiger partial charge < -0.3 is 10.2 Å². The van der Waals surface area contributed by atoms with Crippen LogP contribution in [0.5, 0.6) is 0 Å². The Morgan fingerprint density at radius 3 is 3.00 bits per heavy atom. The molecule has 1 N–H and O–H groups in total. The van der Waals surface area contributed by atoms with Crippen molar-refractivity contribution in [1.82, 2.24) is 10.2 Å². The smallest absolute Gasteiger partial charge is 0.00749 e. The van der Waals surface area contributed by atoms with Gasteiger partial charge in [0.05, 0.1) is 0 Å². The van der Waals surface area contributed by atoms with E-state index in [0.717, 1.165) is 12.0 Å². The summed E-state index contributed by atoms with van der Waals surface area (Å²) in [6.07, 6.45) is 6.19. The topological polar surface area (TPSA) is 15.3 Å². The van der Waals surface area contributed by atoms with Crippen molar-refractivity contribution in [2.75, 3.05) is 38.2 Å². The number of hydrogen-bond donors (Lipinski definition) is 1. The number of nitrogens with one attached hydrogen (secondary N) is 1. The minimum Gasteiger partial charge on any atom is -0.316 e. The van der Waals surface area contributed by atoms with Crippen LogP contribution in [-0.4, -0.2) is 49.1 Å². The van der Waals surface area contributed by atoms with Crippen molar-refractivity contribution in [3.8, 4) is 0 Å². The summed E-state index contributed by atoms with van der Waals surface area (Å²) in [6, 6.07) is 0.781. The van der Waals surface area contributed by atoms with Gasteiger partial charge in [-0.1, -0.05) is 6.92 Å². The number of hydrogen-bond acceptors (Lipinski definition) is 3. The molecule has 16 heavy (non-hydrogen) atoms. The SMILES string of the molecule is CCCNCC1CCN(C(C)CCSC)C1. The molecule has 0 aromatic heterocycles. The first-order valence-corrected chi connectivity index (χ1v) is 8.11. The Labute approximate surface area is 106 Å². The molecule has 0 amide bonds. The largest absolute Gasteiger partial charge is 0.316 e. The van der Waals surface area contributed by atoms with E-state index in [2.05, 4.69) is 30.3 Å². The fraction of sp³-hybridized carbons (Fsp3) is 1.00. The van der Waals surface area contributed by atoms with Crippen molar-refractivity contribution >= 4 is 11.8 Å². The highest BCUT2D eigenvalue weighted by molar-refractivity contribution is 7.98. The molecule has 0 aromatic rings. The van der Waals surface area contributed by atoms with Crippen molar-refractivity contribution < 1.29 is 0 Å². The van der Waals surface area contributed by atoms with Gasteiger partial charge in [0.1, 0.15) is 0 Å². The Balaban J connectivity index is 2.13. The van der Waals surface area contributed by atoms with Gasteiger partial charge in [-0.05, 0) is 63.7 Å². The Morgan fingerprint density at radius 1 is 1.50 bits per heavy atom. The number of likely N-dealkylation sites (tertiary alicyclic amines) is 1. The normalized spacial score (nSPS) is 23.8. The van der Waals surface area contributed by atoms with Gasteiger partial charge >= 0.3 is 0 Å². The van der Waals surface area contributed by atoms with E-state index in [-0.39, 0.29) is 0 Å². The summed E-state index contributed by atoms with van der Waals surface area (Å²) >= 11 is 1.97. The van der Waals surface area contributed by atoms with E-state index < -0.39 is 0 Å². The van der Waals surface area contributed by atoms with Crippen LogP contribution in [0.15, 0.2) is 0 Å². The second kappa shape index (κ2) is 8.37. The monoisotopic (exact) mass is 244 g/mol. The molecule has 1 aliphatic rings. The van der Waals surface area contributed by atoms with Crippen LogP contribution in [0, 0.1) is 5.92 Å². The van der Waals surface area contributed by atoms with E-state index in [1.807, 2.05) is 11.8 Å². The van der Waals surface area contributed by atoms with E-state index in [1.165, 1.54) is 51.2 Å². The van der Waals surface area contributed by atoms with Gasteiger partial charge in [0.2, 0.25) is 0 Å². The summed E-state index contributed by atoms with van der Waals surface area (Å²) in [6.45, 7) is 9.65. The Morgan fingerprint density at radius 2 is 2.31 bits per heavy atom. The summed E-state index contributed by atoms with van der Waals surface area (Å²) < 4.78 is 0. The lowest BCUT2D eigenvalue weighted by Gasteiger charge is -2.24. The molecular weight excluding hydrogens is 216 g/mol. The molecule has 0 spiro atoms. The molecule has 3 heteroatoms. The Bertz CT molecular complexity index is 175. The van der Waals surface area contributed by atoms with Crippen LogP contribution in [0.1, 0.15) is 33.1 Å². The fourth-order valence-electron chi connectivity index (χ4n) is 2.38. The first kappa shape index (κ1) is 14.3. The van der Waals surface area contributed by atoms with Crippen LogP contribution in [-0.2, 0) is 0 Å². The first-order valence-electron chi connectivity index (χ1n) is 6.71. The van der Waals surface area contributed by atoms with Gasteiger partial charge in [-0.3, -0.25) is 0 Å². The maximum absolute atomic E-state index is 3.55. The van der Waals surface area contributed by atoms with Gasteiger partial charge in [0.15, 0.2) is 0 Å². The zero-order valence-corrected chi connectivity index (χ0v) is 12.0. The Hall–Kier alpha value is 0.270. The Kier molecular flexibility index (Phi) is 7.50. The summed E-state index contributed by atoms with van der Waals surface area (Å²) in [5.74, 6) is 2.19. The molecule has 0 saturated carbocycles. The summed E-state index contributed by atoms with van der Waals surface area (Å²) in [7, 11) is 0. The number of thioether (sulfide) groups is 1. The average molecular weight is 244 g/mol. The minimum atomic E-state index is 0.781. The summed E-state index contributed by atoms with van der Waals surface area (Å²) in [5.41, 5.74) is 0. The highest BCUT2D eigenvalue weighted by Crippen LogP contribution is 2.20. The molecule has 2 unspecified atom stereocenters. The lowest BCUT2D eigenvalue weighted by Crippen LogP contribution is -2.33. The predicted molar refractivity (Wildman–Crippen MR) is 75.3 cm³/mol. The molecule has 0 bridgehead atoms. The molecular formula is C13H28N2S. The summed E-state index contributed by atoms with van der Waals surface area (Å²) in [4.78, 5) is 2.68. The third-order valence-electron chi connectivity index (χ3n) is 3.54. The first-order chi connectivity index (χ1) is 7.77.